The third-order valence-electron chi connectivity index (χ3n) is 10.4. The van der Waals surface area contributed by atoms with Gasteiger partial charge in [-0.05, 0) is 103 Å². The van der Waals surface area contributed by atoms with E-state index in [9.17, 15) is 5.26 Å². The average molecular weight is 675 g/mol. The fraction of sp³-hybridized carbons (Fsp3) is 0. The van der Waals surface area contributed by atoms with Crippen molar-refractivity contribution in [1.29, 1.82) is 5.26 Å². The van der Waals surface area contributed by atoms with Gasteiger partial charge < -0.3 is 4.74 Å². The summed E-state index contributed by atoms with van der Waals surface area (Å²) in [4.78, 5) is 14.9. The Morgan fingerprint density at radius 1 is 0.396 bits per heavy atom. The molecule has 11 rings (SSSR count). The Bertz CT molecular complexity index is 3020. The van der Waals surface area contributed by atoms with Crippen molar-refractivity contribution in [3.63, 3.8) is 0 Å². The first-order chi connectivity index (χ1) is 26.2. The molecule has 0 fully saturated rings. The van der Waals surface area contributed by atoms with E-state index in [4.69, 9.17) is 19.7 Å². The summed E-state index contributed by atoms with van der Waals surface area (Å²) in [5.74, 6) is 3.46. The van der Waals surface area contributed by atoms with Gasteiger partial charge in [0.2, 0.25) is 0 Å². The second kappa shape index (κ2) is 11.3. The molecule has 0 spiro atoms. The molecule has 5 heteroatoms. The Kier molecular flexibility index (Phi) is 6.25. The third-order valence-corrected chi connectivity index (χ3v) is 10.4. The van der Waals surface area contributed by atoms with Crippen LogP contribution in [0.4, 0.5) is 0 Å². The molecule has 0 saturated heterocycles. The van der Waals surface area contributed by atoms with Crippen LogP contribution < -0.4 is 4.74 Å². The van der Waals surface area contributed by atoms with Crippen molar-refractivity contribution in [3.05, 3.63) is 163 Å². The van der Waals surface area contributed by atoms with Gasteiger partial charge in [-0.15, -0.1) is 0 Å². The van der Waals surface area contributed by atoms with E-state index >= 15 is 0 Å². The van der Waals surface area contributed by atoms with Crippen LogP contribution in [0.5, 0.6) is 11.5 Å². The van der Waals surface area contributed by atoms with Crippen molar-refractivity contribution in [2.45, 2.75) is 0 Å². The monoisotopic (exact) mass is 674 g/mol. The van der Waals surface area contributed by atoms with Gasteiger partial charge in [-0.3, -0.25) is 0 Å². The lowest BCUT2D eigenvalue weighted by Gasteiger charge is -2.23. The van der Waals surface area contributed by atoms with Crippen molar-refractivity contribution in [1.82, 2.24) is 15.0 Å². The molecule has 10 aromatic rings. The smallest absolute Gasteiger partial charge is 0.164 e. The molecule has 0 radical (unpaired) electrons. The number of rotatable bonds is 4. The van der Waals surface area contributed by atoms with Crippen LogP contribution in [0.25, 0.3) is 99.5 Å². The van der Waals surface area contributed by atoms with Crippen molar-refractivity contribution in [2.75, 3.05) is 0 Å². The standard InChI is InChI=1S/C48H26N4O/c49-27-28-14-19-38-40-13-7-12-39-37(20-21-41(45(39)40)53-42(38)22-28)35-23-31-15-17-33-25-36(26-34-18-16-32(24-35)43(31)44(33)34)48-51-46(29-8-3-1-4-9-29)50-47(52-48)30-10-5-2-6-11-30/h1-26H. The highest BCUT2D eigenvalue weighted by Gasteiger charge is 2.23. The molecule has 0 bridgehead atoms. The number of aromatic nitrogens is 3. The molecule has 0 saturated carbocycles. The van der Waals surface area contributed by atoms with Crippen LogP contribution in [0.2, 0.25) is 0 Å². The predicted molar refractivity (Wildman–Crippen MR) is 213 cm³/mol. The Morgan fingerprint density at radius 3 is 1.53 bits per heavy atom. The summed E-state index contributed by atoms with van der Waals surface area (Å²) in [6.45, 7) is 0. The van der Waals surface area contributed by atoms with Gasteiger partial charge in [0.1, 0.15) is 11.5 Å². The minimum Gasteiger partial charge on any atom is -0.456 e. The fourth-order valence-electron chi connectivity index (χ4n) is 8.01. The third kappa shape index (κ3) is 4.60. The first-order valence-electron chi connectivity index (χ1n) is 17.6. The van der Waals surface area contributed by atoms with Gasteiger partial charge in [-0.2, -0.15) is 5.26 Å². The highest BCUT2D eigenvalue weighted by molar-refractivity contribution is 6.25. The summed E-state index contributed by atoms with van der Waals surface area (Å²) < 4.78 is 6.38. The molecule has 5 nitrogen and oxygen atoms in total. The predicted octanol–water partition coefficient (Wildman–Crippen LogP) is 12.2. The summed E-state index contributed by atoms with van der Waals surface area (Å²) in [5, 5.41) is 18.8. The molecule has 244 valence electrons. The van der Waals surface area contributed by atoms with E-state index in [1.54, 1.807) is 0 Å². The highest BCUT2D eigenvalue weighted by Crippen LogP contribution is 2.49. The summed E-state index contributed by atoms with van der Waals surface area (Å²) >= 11 is 0. The number of nitriles is 1. The topological polar surface area (TPSA) is 71.7 Å². The molecule has 0 N–H and O–H groups in total. The lowest BCUT2D eigenvalue weighted by Crippen LogP contribution is -2.00. The Hall–Kier alpha value is -7.42. The Morgan fingerprint density at radius 2 is 0.943 bits per heavy atom. The zero-order chi connectivity index (χ0) is 35.0. The first kappa shape index (κ1) is 29.3. The minimum absolute atomic E-state index is 0.584. The molecule has 1 aliphatic heterocycles. The van der Waals surface area contributed by atoms with E-state index in [2.05, 4.69) is 84.9 Å². The second-order valence-electron chi connectivity index (χ2n) is 13.5. The first-order valence-corrected chi connectivity index (χ1v) is 17.6. The van der Waals surface area contributed by atoms with Crippen LogP contribution in [0.15, 0.2) is 158 Å². The molecule has 53 heavy (non-hydrogen) atoms. The van der Waals surface area contributed by atoms with E-state index < -0.39 is 0 Å². The van der Waals surface area contributed by atoms with Crippen LogP contribution in [-0.2, 0) is 0 Å². The lowest BCUT2D eigenvalue weighted by molar-refractivity contribution is 0.487. The van der Waals surface area contributed by atoms with Gasteiger partial charge in [-0.1, -0.05) is 109 Å². The molecule has 1 aromatic heterocycles. The lowest BCUT2D eigenvalue weighted by atomic mass is 9.87. The van der Waals surface area contributed by atoms with Gasteiger partial charge in [-0.25, -0.2) is 15.0 Å². The van der Waals surface area contributed by atoms with Crippen LogP contribution in [0.3, 0.4) is 0 Å². The van der Waals surface area contributed by atoms with Gasteiger partial charge in [0.05, 0.1) is 11.6 Å². The Labute approximate surface area is 304 Å². The summed E-state index contributed by atoms with van der Waals surface area (Å²) in [6, 6.07) is 56.6. The normalized spacial score (nSPS) is 11.9. The van der Waals surface area contributed by atoms with Crippen molar-refractivity contribution >= 4 is 43.1 Å². The summed E-state index contributed by atoms with van der Waals surface area (Å²) in [6.07, 6.45) is 0. The van der Waals surface area contributed by atoms with E-state index in [1.165, 1.54) is 21.5 Å². The SMILES string of the molecule is N#Cc1ccc2c(c1)Oc1ccc(-c3cc4ccc5cc(-c6nc(-c7ccccc7)nc(-c7ccccc7)n6)cc6ccc(c3)c4c56)c3cccc-2c13. The number of nitrogens with zero attached hydrogens (tertiary/aromatic N) is 4. The van der Waals surface area contributed by atoms with E-state index in [1.807, 2.05) is 78.9 Å². The maximum atomic E-state index is 9.46. The van der Waals surface area contributed by atoms with E-state index in [0.717, 1.165) is 66.2 Å². The molecule has 0 aliphatic carbocycles. The number of benzene rings is 9. The molecule has 0 unspecified atom stereocenters. The number of fused-ring (bicyclic) bond motifs is 2. The van der Waals surface area contributed by atoms with Crippen molar-refractivity contribution in [3.8, 4) is 74.0 Å². The highest BCUT2D eigenvalue weighted by atomic mass is 16.5. The largest absolute Gasteiger partial charge is 0.456 e. The molecule has 1 aliphatic rings. The van der Waals surface area contributed by atoms with Gasteiger partial charge in [0.15, 0.2) is 17.5 Å². The summed E-state index contributed by atoms with van der Waals surface area (Å²) in [7, 11) is 0. The quantitative estimate of drug-likeness (QED) is 0.174. The molecular weight excluding hydrogens is 649 g/mol. The zero-order valence-electron chi connectivity index (χ0n) is 28.2. The van der Waals surface area contributed by atoms with Gasteiger partial charge in [0.25, 0.3) is 0 Å². The fourth-order valence-corrected chi connectivity index (χ4v) is 8.01. The second-order valence-corrected chi connectivity index (χ2v) is 13.5. The maximum absolute atomic E-state index is 9.46. The van der Waals surface area contributed by atoms with Crippen LogP contribution >= 0.6 is 0 Å². The minimum atomic E-state index is 0.584. The van der Waals surface area contributed by atoms with Gasteiger partial charge in [0, 0.05) is 27.6 Å². The van der Waals surface area contributed by atoms with E-state index in [-0.39, 0.29) is 0 Å². The Balaban J connectivity index is 1.06. The van der Waals surface area contributed by atoms with Gasteiger partial charge >= 0.3 is 0 Å². The van der Waals surface area contributed by atoms with Crippen LogP contribution in [0, 0.1) is 11.3 Å². The molecule has 0 atom stereocenters. The zero-order valence-corrected chi connectivity index (χ0v) is 28.2. The maximum Gasteiger partial charge on any atom is 0.164 e. The number of hydrogen-bond acceptors (Lipinski definition) is 5. The molecule has 9 aromatic carbocycles. The molecular formula is C48H26N4O. The van der Waals surface area contributed by atoms with Crippen LogP contribution in [0.1, 0.15) is 5.56 Å². The molecule has 0 amide bonds. The summed E-state index contributed by atoms with van der Waals surface area (Å²) in [5.41, 5.74) is 7.84. The van der Waals surface area contributed by atoms with E-state index in [0.29, 0.717) is 28.8 Å². The average Bonchev–Trinajstić information content (AvgIpc) is 3.23. The van der Waals surface area contributed by atoms with Crippen molar-refractivity contribution in [2.24, 2.45) is 0 Å². The van der Waals surface area contributed by atoms with Crippen LogP contribution in [-0.4, -0.2) is 15.0 Å². The number of hydrogen-bond donors (Lipinski definition) is 0. The van der Waals surface area contributed by atoms with Crippen molar-refractivity contribution < 1.29 is 4.74 Å². The number of ether oxygens (including phenoxy) is 1. The molecule has 2 heterocycles.